The SMILES string of the molecule is Cc1ccc(S(=O)(=O)OCC2CC3CCC2C(OS(=O)(=O)c2ccc(C)cc2)C3)cc1. The van der Waals surface area contributed by atoms with Gasteiger partial charge in [-0.05, 0) is 81.5 Å². The maximum Gasteiger partial charge on any atom is 0.297 e. The van der Waals surface area contributed by atoms with Crippen LogP contribution in [0, 0.1) is 31.6 Å². The molecule has 2 aromatic carbocycles. The molecule has 0 radical (unpaired) electrons. The van der Waals surface area contributed by atoms with Gasteiger partial charge in [0.2, 0.25) is 0 Å². The molecular weight excluding hydrogens is 436 g/mol. The van der Waals surface area contributed by atoms with Gasteiger partial charge < -0.3 is 0 Å². The van der Waals surface area contributed by atoms with Crippen LogP contribution in [0.1, 0.15) is 36.8 Å². The molecule has 0 spiro atoms. The van der Waals surface area contributed by atoms with E-state index in [0.717, 1.165) is 30.4 Å². The van der Waals surface area contributed by atoms with Crippen molar-refractivity contribution in [3.05, 3.63) is 59.7 Å². The largest absolute Gasteiger partial charge is 0.297 e. The maximum atomic E-state index is 12.8. The van der Waals surface area contributed by atoms with E-state index in [1.54, 1.807) is 36.4 Å². The molecular formula is C23H28O6S2. The summed E-state index contributed by atoms with van der Waals surface area (Å²) in [4.78, 5) is 0.281. The first-order chi connectivity index (χ1) is 14.6. The van der Waals surface area contributed by atoms with Crippen LogP contribution in [0.2, 0.25) is 0 Å². The quantitative estimate of drug-likeness (QED) is 0.570. The van der Waals surface area contributed by atoms with Crippen molar-refractivity contribution in [2.24, 2.45) is 17.8 Å². The zero-order valence-electron chi connectivity index (χ0n) is 17.7. The maximum absolute atomic E-state index is 12.8. The second-order valence-corrected chi connectivity index (χ2v) is 12.0. The summed E-state index contributed by atoms with van der Waals surface area (Å²) < 4.78 is 61.7. The van der Waals surface area contributed by atoms with Gasteiger partial charge in [0.1, 0.15) is 0 Å². The monoisotopic (exact) mass is 464 g/mol. The lowest BCUT2D eigenvalue weighted by atomic mass is 9.63. The standard InChI is InChI=1S/C23H28O6S2/c1-16-3-8-20(9-4-16)30(24,25)28-15-19-13-18-7-12-22(19)23(14-18)29-31(26,27)21-10-5-17(2)6-11-21/h3-6,8-11,18-19,22-23H,7,12-15H2,1-2H3. The fraction of sp³-hybridized carbons (Fsp3) is 0.478. The molecule has 3 saturated carbocycles. The van der Waals surface area contributed by atoms with Gasteiger partial charge in [0.15, 0.2) is 0 Å². The van der Waals surface area contributed by atoms with E-state index < -0.39 is 26.3 Å². The molecule has 0 aliphatic heterocycles. The smallest absolute Gasteiger partial charge is 0.266 e. The summed E-state index contributed by atoms with van der Waals surface area (Å²) in [5, 5.41) is 0. The van der Waals surface area contributed by atoms with Gasteiger partial charge in [-0.15, -0.1) is 0 Å². The second kappa shape index (κ2) is 8.65. The minimum Gasteiger partial charge on any atom is -0.266 e. The number of benzene rings is 2. The van der Waals surface area contributed by atoms with Gasteiger partial charge in [0.05, 0.1) is 22.5 Å². The Morgan fingerprint density at radius 3 is 1.87 bits per heavy atom. The molecule has 3 fully saturated rings. The number of hydrogen-bond donors (Lipinski definition) is 0. The molecule has 0 amide bonds. The molecule has 6 nitrogen and oxygen atoms in total. The predicted molar refractivity (Wildman–Crippen MR) is 116 cm³/mol. The molecule has 4 atom stereocenters. The van der Waals surface area contributed by atoms with Crippen molar-refractivity contribution in [1.29, 1.82) is 0 Å². The molecule has 0 N–H and O–H groups in total. The lowest BCUT2D eigenvalue weighted by molar-refractivity contribution is -0.0321. The van der Waals surface area contributed by atoms with Crippen molar-refractivity contribution in [3.8, 4) is 0 Å². The van der Waals surface area contributed by atoms with Gasteiger partial charge in [-0.2, -0.15) is 16.8 Å². The fourth-order valence-corrected chi connectivity index (χ4v) is 6.85. The molecule has 0 heterocycles. The molecule has 8 heteroatoms. The summed E-state index contributed by atoms with van der Waals surface area (Å²) in [5.41, 5.74) is 1.95. The summed E-state index contributed by atoms with van der Waals surface area (Å²) in [7, 11) is -7.72. The Morgan fingerprint density at radius 2 is 1.32 bits per heavy atom. The third-order valence-electron chi connectivity index (χ3n) is 6.50. The summed E-state index contributed by atoms with van der Waals surface area (Å²) in [6.45, 7) is 3.83. The van der Waals surface area contributed by atoms with Crippen LogP contribution in [0.4, 0.5) is 0 Å². The van der Waals surface area contributed by atoms with E-state index in [9.17, 15) is 16.8 Å². The van der Waals surface area contributed by atoms with Crippen LogP contribution < -0.4 is 0 Å². The van der Waals surface area contributed by atoms with Gasteiger partial charge in [-0.1, -0.05) is 35.4 Å². The highest BCUT2D eigenvalue weighted by atomic mass is 32.2. The molecule has 0 aromatic heterocycles. The molecule has 3 aliphatic rings. The Labute approximate surface area is 184 Å². The Morgan fingerprint density at radius 1 is 0.774 bits per heavy atom. The summed E-state index contributed by atoms with van der Waals surface area (Å²) in [6, 6.07) is 13.2. The molecule has 4 unspecified atom stereocenters. The molecule has 0 saturated heterocycles. The summed E-state index contributed by atoms with van der Waals surface area (Å²) >= 11 is 0. The van der Waals surface area contributed by atoms with Gasteiger partial charge in [0, 0.05) is 0 Å². The fourth-order valence-electron chi connectivity index (χ4n) is 4.77. The van der Waals surface area contributed by atoms with E-state index in [-0.39, 0.29) is 28.2 Å². The number of fused-ring (bicyclic) bond motifs is 3. The number of hydrogen-bond acceptors (Lipinski definition) is 6. The lowest BCUT2D eigenvalue weighted by Crippen LogP contribution is -2.45. The van der Waals surface area contributed by atoms with Crippen molar-refractivity contribution >= 4 is 20.2 Å². The minimum absolute atomic E-state index is 0.0431. The van der Waals surface area contributed by atoms with E-state index in [0.29, 0.717) is 12.3 Å². The first kappa shape index (κ1) is 22.5. The van der Waals surface area contributed by atoms with Gasteiger partial charge in [-0.25, -0.2) is 0 Å². The molecule has 31 heavy (non-hydrogen) atoms. The van der Waals surface area contributed by atoms with Crippen LogP contribution in [0.25, 0.3) is 0 Å². The third kappa shape index (κ3) is 5.03. The molecule has 2 bridgehead atoms. The van der Waals surface area contributed by atoms with Crippen LogP contribution in [0.15, 0.2) is 58.3 Å². The topological polar surface area (TPSA) is 86.7 Å². The van der Waals surface area contributed by atoms with Crippen LogP contribution in [-0.4, -0.2) is 29.5 Å². The number of rotatable bonds is 7. The summed E-state index contributed by atoms with van der Waals surface area (Å²) in [5.74, 6) is 0.225. The van der Waals surface area contributed by atoms with Crippen LogP contribution in [0.3, 0.4) is 0 Å². The first-order valence-corrected chi connectivity index (χ1v) is 13.4. The van der Waals surface area contributed by atoms with Crippen molar-refractivity contribution in [2.45, 2.75) is 55.4 Å². The summed E-state index contributed by atoms with van der Waals surface area (Å²) in [6.07, 6.45) is 2.89. The minimum atomic E-state index is -3.87. The first-order valence-electron chi connectivity index (χ1n) is 10.6. The average molecular weight is 465 g/mol. The molecule has 168 valence electrons. The lowest BCUT2D eigenvalue weighted by Gasteiger charge is -2.46. The van der Waals surface area contributed by atoms with E-state index in [2.05, 4.69) is 0 Å². The zero-order chi connectivity index (χ0) is 22.2. The highest BCUT2D eigenvalue weighted by molar-refractivity contribution is 7.87. The Hall–Kier alpha value is -1.74. The third-order valence-corrected chi connectivity index (χ3v) is 9.15. The van der Waals surface area contributed by atoms with Crippen molar-refractivity contribution in [3.63, 3.8) is 0 Å². The van der Waals surface area contributed by atoms with Crippen molar-refractivity contribution in [2.75, 3.05) is 6.61 Å². The van der Waals surface area contributed by atoms with E-state index in [1.165, 1.54) is 12.1 Å². The van der Waals surface area contributed by atoms with Gasteiger partial charge >= 0.3 is 0 Å². The molecule has 2 aromatic rings. The van der Waals surface area contributed by atoms with E-state index in [1.807, 2.05) is 13.8 Å². The highest BCUT2D eigenvalue weighted by Crippen LogP contribution is 2.47. The highest BCUT2D eigenvalue weighted by Gasteiger charge is 2.45. The second-order valence-electron chi connectivity index (χ2n) is 8.79. The van der Waals surface area contributed by atoms with Crippen LogP contribution in [-0.2, 0) is 28.6 Å². The Kier molecular flexibility index (Phi) is 6.27. The molecule has 5 rings (SSSR count). The van der Waals surface area contributed by atoms with Crippen LogP contribution in [0.5, 0.6) is 0 Å². The average Bonchev–Trinajstić information content (AvgIpc) is 2.73. The zero-order valence-corrected chi connectivity index (χ0v) is 19.4. The van der Waals surface area contributed by atoms with Crippen molar-refractivity contribution < 1.29 is 25.2 Å². The molecule has 3 aliphatic carbocycles. The number of aryl methyl sites for hydroxylation is 2. The van der Waals surface area contributed by atoms with E-state index >= 15 is 0 Å². The normalized spacial score (nSPS) is 26.1. The van der Waals surface area contributed by atoms with E-state index in [4.69, 9.17) is 8.37 Å². The van der Waals surface area contributed by atoms with Gasteiger partial charge in [0.25, 0.3) is 20.2 Å². The Bertz CT molecular complexity index is 1120. The van der Waals surface area contributed by atoms with Gasteiger partial charge in [-0.3, -0.25) is 8.37 Å². The predicted octanol–water partition coefficient (Wildman–Crippen LogP) is 4.22. The van der Waals surface area contributed by atoms with Crippen LogP contribution >= 0.6 is 0 Å². The Balaban J connectivity index is 1.45. The van der Waals surface area contributed by atoms with Crippen molar-refractivity contribution in [1.82, 2.24) is 0 Å².